The molecule has 1 aliphatic heterocycles. The number of esters is 1. The van der Waals surface area contributed by atoms with Crippen LogP contribution in [-0.4, -0.2) is 35.5 Å². The van der Waals surface area contributed by atoms with Crippen LogP contribution in [0.4, 0.5) is 4.39 Å². The van der Waals surface area contributed by atoms with Gasteiger partial charge in [-0.25, -0.2) is 9.18 Å². The van der Waals surface area contributed by atoms with Crippen LogP contribution in [0.1, 0.15) is 49.9 Å². The molecule has 0 aliphatic carbocycles. The zero-order valence-corrected chi connectivity index (χ0v) is 13.1. The molecule has 0 aromatic heterocycles. The van der Waals surface area contributed by atoms with Gasteiger partial charge in [0.05, 0.1) is 12.2 Å². The molecule has 5 heteroatoms. The first-order chi connectivity index (χ1) is 10.5. The molecule has 1 saturated heterocycles. The van der Waals surface area contributed by atoms with E-state index >= 15 is 0 Å². The third kappa shape index (κ3) is 3.13. The molecule has 4 nitrogen and oxygen atoms in total. The van der Waals surface area contributed by atoms with Crippen molar-refractivity contribution < 1.29 is 18.7 Å². The van der Waals surface area contributed by atoms with Crippen molar-refractivity contribution in [2.24, 2.45) is 0 Å². The SMILES string of the molecule is CCOC(=O)C1(C)CCCCCN1C(=O)c1ccccc1F. The van der Waals surface area contributed by atoms with Gasteiger partial charge in [-0.15, -0.1) is 0 Å². The van der Waals surface area contributed by atoms with Gasteiger partial charge in [0.15, 0.2) is 0 Å². The Bertz CT molecular complexity index is 561. The molecule has 22 heavy (non-hydrogen) atoms. The molecule has 0 saturated carbocycles. The number of rotatable bonds is 3. The van der Waals surface area contributed by atoms with Crippen molar-refractivity contribution in [2.75, 3.05) is 13.2 Å². The quantitative estimate of drug-likeness (QED) is 0.806. The van der Waals surface area contributed by atoms with E-state index in [0.29, 0.717) is 13.0 Å². The number of amides is 1. The van der Waals surface area contributed by atoms with Crippen LogP contribution in [0, 0.1) is 5.82 Å². The topological polar surface area (TPSA) is 46.6 Å². The summed E-state index contributed by atoms with van der Waals surface area (Å²) in [7, 11) is 0. The molecular formula is C17H22FNO3. The summed E-state index contributed by atoms with van der Waals surface area (Å²) in [6, 6.07) is 5.87. The summed E-state index contributed by atoms with van der Waals surface area (Å²) in [6.07, 6.45) is 3.12. The minimum absolute atomic E-state index is 0.0000709. The second kappa shape index (κ2) is 6.90. The van der Waals surface area contributed by atoms with E-state index in [9.17, 15) is 14.0 Å². The van der Waals surface area contributed by atoms with Crippen LogP contribution in [0.3, 0.4) is 0 Å². The third-order valence-corrected chi connectivity index (χ3v) is 4.21. The molecule has 1 atom stereocenters. The highest BCUT2D eigenvalue weighted by atomic mass is 19.1. The third-order valence-electron chi connectivity index (χ3n) is 4.21. The molecule has 1 aromatic carbocycles. The van der Waals surface area contributed by atoms with E-state index in [4.69, 9.17) is 4.74 Å². The summed E-state index contributed by atoms with van der Waals surface area (Å²) in [5.74, 6) is -1.43. The van der Waals surface area contributed by atoms with Gasteiger partial charge in [0, 0.05) is 6.54 Å². The van der Waals surface area contributed by atoms with Crippen molar-refractivity contribution in [1.29, 1.82) is 0 Å². The summed E-state index contributed by atoms with van der Waals surface area (Å²) in [4.78, 5) is 26.7. The first-order valence-electron chi connectivity index (χ1n) is 7.74. The van der Waals surface area contributed by atoms with Gasteiger partial charge in [-0.3, -0.25) is 4.79 Å². The Balaban J connectivity index is 2.37. The summed E-state index contributed by atoms with van der Waals surface area (Å²) in [5.41, 5.74) is -1.04. The lowest BCUT2D eigenvalue weighted by atomic mass is 9.93. The van der Waals surface area contributed by atoms with Gasteiger partial charge in [0.2, 0.25) is 0 Å². The van der Waals surface area contributed by atoms with E-state index in [2.05, 4.69) is 0 Å². The normalized spacial score (nSPS) is 22.0. The van der Waals surface area contributed by atoms with Gasteiger partial charge in [-0.2, -0.15) is 0 Å². The number of likely N-dealkylation sites (tertiary alicyclic amines) is 1. The molecule has 1 aliphatic rings. The molecule has 0 N–H and O–H groups in total. The number of carbonyl (C=O) groups excluding carboxylic acids is 2. The van der Waals surface area contributed by atoms with Crippen molar-refractivity contribution >= 4 is 11.9 Å². The molecule has 1 fully saturated rings. The Kier molecular flexibility index (Phi) is 5.16. The first kappa shape index (κ1) is 16.5. The van der Waals surface area contributed by atoms with Crippen molar-refractivity contribution in [1.82, 2.24) is 4.90 Å². The van der Waals surface area contributed by atoms with Gasteiger partial charge < -0.3 is 9.64 Å². The van der Waals surface area contributed by atoms with E-state index < -0.39 is 23.2 Å². The van der Waals surface area contributed by atoms with Crippen LogP contribution >= 0.6 is 0 Å². The minimum Gasteiger partial charge on any atom is -0.464 e. The van der Waals surface area contributed by atoms with Crippen LogP contribution in [0.5, 0.6) is 0 Å². The summed E-state index contributed by atoms with van der Waals surface area (Å²) >= 11 is 0. The molecule has 1 aromatic rings. The van der Waals surface area contributed by atoms with Gasteiger partial charge in [-0.1, -0.05) is 25.0 Å². The largest absolute Gasteiger partial charge is 0.464 e. The zero-order chi connectivity index (χ0) is 16.2. The molecular weight excluding hydrogens is 285 g/mol. The molecule has 120 valence electrons. The lowest BCUT2D eigenvalue weighted by Gasteiger charge is -2.38. The monoisotopic (exact) mass is 307 g/mol. The minimum atomic E-state index is -1.04. The van der Waals surface area contributed by atoms with E-state index in [1.54, 1.807) is 26.0 Å². The lowest BCUT2D eigenvalue weighted by molar-refractivity contribution is -0.155. The van der Waals surface area contributed by atoms with Crippen LogP contribution in [0.25, 0.3) is 0 Å². The maximum Gasteiger partial charge on any atom is 0.331 e. The zero-order valence-electron chi connectivity index (χ0n) is 13.1. The Morgan fingerprint density at radius 3 is 2.68 bits per heavy atom. The Morgan fingerprint density at radius 1 is 1.27 bits per heavy atom. The number of ether oxygens (including phenoxy) is 1. The van der Waals surface area contributed by atoms with Crippen molar-refractivity contribution in [2.45, 2.75) is 45.1 Å². The van der Waals surface area contributed by atoms with Crippen LogP contribution in [0.2, 0.25) is 0 Å². The van der Waals surface area contributed by atoms with Crippen LogP contribution in [0.15, 0.2) is 24.3 Å². The van der Waals surface area contributed by atoms with Gasteiger partial charge in [0.1, 0.15) is 11.4 Å². The number of nitrogens with zero attached hydrogens (tertiary/aromatic N) is 1. The predicted molar refractivity (Wildman–Crippen MR) is 80.9 cm³/mol. The van der Waals surface area contributed by atoms with E-state index in [1.807, 2.05) is 0 Å². The van der Waals surface area contributed by atoms with E-state index in [1.165, 1.54) is 17.0 Å². The van der Waals surface area contributed by atoms with Crippen LogP contribution in [-0.2, 0) is 9.53 Å². The molecule has 2 rings (SSSR count). The fourth-order valence-electron chi connectivity index (χ4n) is 2.90. The Morgan fingerprint density at radius 2 is 2.00 bits per heavy atom. The number of hydrogen-bond acceptors (Lipinski definition) is 3. The maximum absolute atomic E-state index is 13.9. The average Bonchev–Trinajstić information content (AvgIpc) is 2.70. The summed E-state index contributed by atoms with van der Waals surface area (Å²) < 4.78 is 19.1. The average molecular weight is 307 g/mol. The number of hydrogen-bond donors (Lipinski definition) is 0. The smallest absolute Gasteiger partial charge is 0.331 e. The molecule has 0 radical (unpaired) electrons. The van der Waals surface area contributed by atoms with Crippen LogP contribution < -0.4 is 0 Å². The second-order valence-electron chi connectivity index (χ2n) is 5.74. The number of carbonyl (C=O) groups is 2. The highest BCUT2D eigenvalue weighted by Crippen LogP contribution is 2.30. The van der Waals surface area contributed by atoms with Crippen molar-refractivity contribution in [3.8, 4) is 0 Å². The molecule has 0 bridgehead atoms. The predicted octanol–water partition coefficient (Wildman–Crippen LogP) is 3.16. The highest BCUT2D eigenvalue weighted by molar-refractivity contribution is 5.98. The highest BCUT2D eigenvalue weighted by Gasteiger charge is 2.44. The number of benzene rings is 1. The van der Waals surface area contributed by atoms with E-state index in [0.717, 1.165) is 19.3 Å². The standard InChI is InChI=1S/C17H22FNO3/c1-3-22-16(21)17(2)11-7-4-8-12-19(17)15(20)13-9-5-6-10-14(13)18/h5-6,9-10H,3-4,7-8,11-12H2,1-2H3. The summed E-state index contributed by atoms with van der Waals surface area (Å²) in [5, 5.41) is 0. The molecule has 1 unspecified atom stereocenters. The molecule has 1 amide bonds. The molecule has 0 spiro atoms. The van der Waals surface area contributed by atoms with Crippen molar-refractivity contribution in [3.63, 3.8) is 0 Å². The van der Waals surface area contributed by atoms with Gasteiger partial charge >= 0.3 is 5.97 Å². The second-order valence-corrected chi connectivity index (χ2v) is 5.74. The van der Waals surface area contributed by atoms with Gasteiger partial charge in [-0.05, 0) is 38.8 Å². The fraction of sp³-hybridized carbons (Fsp3) is 0.529. The Hall–Kier alpha value is -1.91. The fourth-order valence-corrected chi connectivity index (χ4v) is 2.90. The van der Waals surface area contributed by atoms with Crippen molar-refractivity contribution in [3.05, 3.63) is 35.6 Å². The summed E-state index contributed by atoms with van der Waals surface area (Å²) in [6.45, 7) is 4.15. The van der Waals surface area contributed by atoms with E-state index in [-0.39, 0.29) is 12.2 Å². The maximum atomic E-state index is 13.9. The molecule has 1 heterocycles. The Labute approximate surface area is 130 Å². The van der Waals surface area contributed by atoms with Gasteiger partial charge in [0.25, 0.3) is 5.91 Å². The lowest BCUT2D eigenvalue weighted by Crippen LogP contribution is -2.55. The first-order valence-corrected chi connectivity index (χ1v) is 7.74. The number of halogens is 1.